The fourth-order valence-electron chi connectivity index (χ4n) is 7.16. The van der Waals surface area contributed by atoms with Crippen LogP contribution in [0.2, 0.25) is 0 Å². The van der Waals surface area contributed by atoms with Gasteiger partial charge in [0, 0.05) is 56.0 Å². The molecule has 0 aliphatic carbocycles. The molecule has 236 valence electrons. The summed E-state index contributed by atoms with van der Waals surface area (Å²) >= 11 is 1.78. The number of nitrogens with one attached hydrogen (secondary N) is 1. The molecule has 0 spiro atoms. The van der Waals surface area contributed by atoms with Crippen molar-refractivity contribution in [1.29, 1.82) is 0 Å². The number of nitrogens with zero attached hydrogens (tertiary/aromatic N) is 4. The van der Waals surface area contributed by atoms with Gasteiger partial charge in [-0.05, 0) is 46.7 Å². The van der Waals surface area contributed by atoms with Crippen LogP contribution in [-0.2, 0) is 0 Å². The van der Waals surface area contributed by atoms with E-state index in [0.29, 0.717) is 17.5 Å². The van der Waals surface area contributed by atoms with Gasteiger partial charge in [0.2, 0.25) is 0 Å². The Bertz CT molecular complexity index is 2820. The molecule has 1 aliphatic heterocycles. The topological polar surface area (TPSA) is 55.6 Å². The normalized spacial score (nSPS) is 12.4. The average Bonchev–Trinajstić information content (AvgIpc) is 3.74. The first-order valence-corrected chi connectivity index (χ1v) is 17.6. The van der Waals surface area contributed by atoms with Crippen LogP contribution < -0.4 is 15.1 Å². The van der Waals surface area contributed by atoms with E-state index in [2.05, 4.69) is 143 Å². The molecule has 1 aliphatic rings. The number of hydrogen-bond acceptors (Lipinski definition) is 5. The highest BCUT2D eigenvalue weighted by atomic mass is 32.1. The summed E-state index contributed by atoms with van der Waals surface area (Å²) in [6.45, 7) is 0.791. The monoisotopic (exact) mass is 659 g/mol. The van der Waals surface area contributed by atoms with Crippen molar-refractivity contribution in [3.05, 3.63) is 155 Å². The van der Waals surface area contributed by atoms with Crippen LogP contribution in [-0.4, -0.2) is 26.1 Å². The molecule has 0 amide bonds. The number of fused-ring (bicyclic) bond motifs is 6. The third-order valence-electron chi connectivity index (χ3n) is 9.47. The van der Waals surface area contributed by atoms with Crippen LogP contribution in [0.1, 0.15) is 0 Å². The summed E-state index contributed by atoms with van der Waals surface area (Å²) in [5.74, 6) is 1.94. The third-order valence-corrected chi connectivity index (χ3v) is 10.7. The Hall–Kier alpha value is -6.37. The van der Waals surface area contributed by atoms with E-state index in [-0.39, 0.29) is 0 Å². The highest BCUT2D eigenvalue weighted by molar-refractivity contribution is 7.17. The number of benzene rings is 6. The molecule has 0 bridgehead atoms. The molecule has 9 aromatic rings. The number of aromatic nitrogens is 4. The fourth-order valence-corrected chi connectivity index (χ4v) is 8.36. The van der Waals surface area contributed by atoms with Crippen LogP contribution in [0.4, 0.5) is 0 Å². The van der Waals surface area contributed by atoms with Gasteiger partial charge >= 0.3 is 0 Å². The maximum absolute atomic E-state index is 5.28. The predicted molar refractivity (Wildman–Crippen MR) is 207 cm³/mol. The SMILES string of the molecule is C1=c2sc3c(-c4nc(-c5ccccc5)nc(-c5cccc(-c6ccccc6)c5)n4)cc(-n4c5ccccc5c5ccccc54)cc3c2=CCN1. The maximum Gasteiger partial charge on any atom is 0.165 e. The van der Waals surface area contributed by atoms with Crippen molar-refractivity contribution in [3.63, 3.8) is 0 Å². The maximum atomic E-state index is 5.28. The number of hydrogen-bond donors (Lipinski definition) is 1. The van der Waals surface area contributed by atoms with Crippen molar-refractivity contribution >= 4 is 55.5 Å². The largest absolute Gasteiger partial charge is 0.386 e. The van der Waals surface area contributed by atoms with Gasteiger partial charge in [-0.15, -0.1) is 11.3 Å². The minimum Gasteiger partial charge on any atom is -0.386 e. The first-order chi connectivity index (χ1) is 24.8. The summed E-state index contributed by atoms with van der Waals surface area (Å²) < 4.78 is 4.75. The summed E-state index contributed by atoms with van der Waals surface area (Å²) in [5, 5.41) is 8.33. The summed E-state index contributed by atoms with van der Waals surface area (Å²) in [6.07, 6.45) is 4.42. The second-order valence-corrected chi connectivity index (χ2v) is 13.5. The molecule has 6 aromatic carbocycles. The van der Waals surface area contributed by atoms with Gasteiger partial charge in [-0.2, -0.15) is 0 Å². The quantitative estimate of drug-likeness (QED) is 0.200. The molecule has 0 fully saturated rings. The second-order valence-electron chi connectivity index (χ2n) is 12.5. The third kappa shape index (κ3) is 4.72. The second kappa shape index (κ2) is 11.7. The number of thiophene rings is 1. The minimum absolute atomic E-state index is 0.642. The molecule has 0 unspecified atom stereocenters. The first-order valence-electron chi connectivity index (χ1n) is 16.8. The van der Waals surface area contributed by atoms with E-state index >= 15 is 0 Å². The molecule has 0 radical (unpaired) electrons. The van der Waals surface area contributed by atoms with Crippen molar-refractivity contribution in [2.75, 3.05) is 6.54 Å². The van der Waals surface area contributed by atoms with Gasteiger partial charge in [-0.1, -0.05) is 121 Å². The van der Waals surface area contributed by atoms with Gasteiger partial charge in [0.15, 0.2) is 17.5 Å². The zero-order valence-corrected chi connectivity index (χ0v) is 27.7. The Morgan fingerprint density at radius 1 is 0.520 bits per heavy atom. The summed E-state index contributed by atoms with van der Waals surface area (Å²) in [4.78, 5) is 15.6. The Balaban J connectivity index is 1.27. The zero-order valence-electron chi connectivity index (χ0n) is 26.9. The Kier molecular flexibility index (Phi) is 6.67. The van der Waals surface area contributed by atoms with Gasteiger partial charge in [0.25, 0.3) is 0 Å². The van der Waals surface area contributed by atoms with Crippen LogP contribution in [0.25, 0.3) is 95.1 Å². The van der Waals surface area contributed by atoms with Crippen molar-refractivity contribution in [2.45, 2.75) is 0 Å². The van der Waals surface area contributed by atoms with Gasteiger partial charge in [-0.25, -0.2) is 15.0 Å². The summed E-state index contributed by atoms with van der Waals surface area (Å²) in [6, 6.07) is 51.0. The van der Waals surface area contributed by atoms with E-state index < -0.39 is 0 Å². The minimum atomic E-state index is 0.642. The van der Waals surface area contributed by atoms with Gasteiger partial charge in [0.1, 0.15) is 0 Å². The van der Waals surface area contributed by atoms with E-state index in [1.165, 1.54) is 36.9 Å². The lowest BCUT2D eigenvalue weighted by Crippen LogP contribution is -2.28. The van der Waals surface area contributed by atoms with Gasteiger partial charge in [0.05, 0.1) is 15.6 Å². The van der Waals surface area contributed by atoms with E-state index in [1.54, 1.807) is 11.3 Å². The lowest BCUT2D eigenvalue weighted by molar-refractivity contribution is 1.06. The van der Waals surface area contributed by atoms with Gasteiger partial charge in [-0.3, -0.25) is 0 Å². The lowest BCUT2D eigenvalue weighted by Gasteiger charge is -2.13. The molecule has 10 rings (SSSR count). The highest BCUT2D eigenvalue weighted by Gasteiger charge is 2.20. The van der Waals surface area contributed by atoms with Crippen molar-refractivity contribution in [1.82, 2.24) is 24.8 Å². The molecular formula is C44H29N5S. The number of rotatable bonds is 5. The molecular weight excluding hydrogens is 631 g/mol. The molecule has 0 saturated heterocycles. The lowest BCUT2D eigenvalue weighted by atomic mass is 10.0. The molecule has 0 saturated carbocycles. The number of para-hydroxylation sites is 2. The predicted octanol–water partition coefficient (Wildman–Crippen LogP) is 8.97. The molecule has 5 nitrogen and oxygen atoms in total. The van der Waals surface area contributed by atoms with E-state index in [0.717, 1.165) is 44.7 Å². The van der Waals surface area contributed by atoms with E-state index in [9.17, 15) is 0 Å². The molecule has 1 N–H and O–H groups in total. The molecule has 6 heteroatoms. The van der Waals surface area contributed by atoms with Crippen molar-refractivity contribution in [3.8, 4) is 51.0 Å². The fraction of sp³-hybridized carbons (Fsp3) is 0.0227. The Morgan fingerprint density at radius 2 is 1.12 bits per heavy atom. The Morgan fingerprint density at radius 3 is 1.86 bits per heavy atom. The summed E-state index contributed by atoms with van der Waals surface area (Å²) in [7, 11) is 0. The van der Waals surface area contributed by atoms with E-state index in [4.69, 9.17) is 15.0 Å². The van der Waals surface area contributed by atoms with Crippen LogP contribution in [0.3, 0.4) is 0 Å². The molecule has 50 heavy (non-hydrogen) atoms. The molecule has 4 heterocycles. The zero-order chi connectivity index (χ0) is 33.0. The smallest absolute Gasteiger partial charge is 0.165 e. The van der Waals surface area contributed by atoms with Crippen LogP contribution in [0.5, 0.6) is 0 Å². The van der Waals surface area contributed by atoms with Gasteiger partial charge < -0.3 is 9.88 Å². The van der Waals surface area contributed by atoms with E-state index in [1.807, 2.05) is 24.3 Å². The van der Waals surface area contributed by atoms with Crippen molar-refractivity contribution in [2.24, 2.45) is 0 Å². The molecule has 3 aromatic heterocycles. The van der Waals surface area contributed by atoms with Crippen LogP contribution in [0, 0.1) is 0 Å². The summed E-state index contributed by atoms with van der Waals surface area (Å²) in [5.41, 5.74) is 8.55. The van der Waals surface area contributed by atoms with Crippen LogP contribution >= 0.6 is 11.3 Å². The molecule has 0 atom stereocenters. The Labute approximate surface area is 292 Å². The first kappa shape index (κ1) is 28.6. The van der Waals surface area contributed by atoms with Crippen molar-refractivity contribution < 1.29 is 0 Å². The average molecular weight is 660 g/mol. The highest BCUT2D eigenvalue weighted by Crippen LogP contribution is 2.37. The standard InChI is InChI=1S/C44H29N5S/c1-3-12-28(13-4-1)30-16-11-17-31(24-30)43-46-42(29-14-5-2-6-15-29)47-44(48-43)37-26-32(25-36-35-22-23-45-27-40(35)50-41(36)37)49-38-20-9-7-18-33(38)34-19-8-10-21-39(34)49/h1-22,24-27,45H,23H2. The van der Waals surface area contributed by atoms with Crippen LogP contribution in [0.15, 0.2) is 146 Å².